The average Bonchev–Trinajstić information content (AvgIpc) is 2.79. The number of aliphatic imine (C=N–C) groups is 1. The molecule has 9 heteroatoms. The van der Waals surface area contributed by atoms with Gasteiger partial charge in [0.1, 0.15) is 6.10 Å². The van der Waals surface area contributed by atoms with E-state index in [2.05, 4.69) is 10.3 Å². The molecule has 1 unspecified atom stereocenters. The van der Waals surface area contributed by atoms with Gasteiger partial charge >= 0.3 is 6.18 Å². The van der Waals surface area contributed by atoms with Crippen molar-refractivity contribution in [1.29, 1.82) is 0 Å². The molecular formula is C22H26F3N3O3. The number of morpholine rings is 1. The molecule has 1 fully saturated rings. The van der Waals surface area contributed by atoms with Gasteiger partial charge in [-0.2, -0.15) is 13.2 Å². The second-order valence-corrected chi connectivity index (χ2v) is 6.98. The highest BCUT2D eigenvalue weighted by Gasteiger charge is 2.32. The first-order valence-electron chi connectivity index (χ1n) is 9.81. The lowest BCUT2D eigenvalue weighted by Crippen LogP contribution is -2.48. The Hall–Kier alpha value is -2.94. The Bertz CT molecular complexity index is 918. The normalized spacial score (nSPS) is 17.4. The third-order valence-electron chi connectivity index (χ3n) is 5.08. The zero-order chi connectivity index (χ0) is 22.4. The van der Waals surface area contributed by atoms with Crippen molar-refractivity contribution < 1.29 is 27.4 Å². The summed E-state index contributed by atoms with van der Waals surface area (Å²) >= 11 is 0. The minimum absolute atomic E-state index is 0.379. The number of nitrogens with one attached hydrogen (secondary N) is 1. The minimum Gasteiger partial charge on any atom is -0.493 e. The van der Waals surface area contributed by atoms with Gasteiger partial charge in [-0.25, -0.2) is 0 Å². The van der Waals surface area contributed by atoms with Crippen LogP contribution in [0.5, 0.6) is 11.5 Å². The Morgan fingerprint density at radius 3 is 2.65 bits per heavy atom. The van der Waals surface area contributed by atoms with Crippen molar-refractivity contribution in [1.82, 2.24) is 10.2 Å². The fraction of sp³-hybridized carbons (Fsp3) is 0.409. The van der Waals surface area contributed by atoms with Crippen molar-refractivity contribution >= 4 is 5.96 Å². The summed E-state index contributed by atoms with van der Waals surface area (Å²) in [5.41, 5.74) is 0.702. The van der Waals surface area contributed by atoms with E-state index in [4.69, 9.17) is 14.2 Å². The lowest BCUT2D eigenvalue weighted by atomic mass is 10.0. The molecule has 1 atom stereocenters. The smallest absolute Gasteiger partial charge is 0.416 e. The zero-order valence-corrected chi connectivity index (χ0v) is 17.7. The maximum absolute atomic E-state index is 13.1. The number of alkyl halides is 3. The van der Waals surface area contributed by atoms with Crippen LogP contribution in [0.25, 0.3) is 0 Å². The van der Waals surface area contributed by atoms with Crippen LogP contribution in [0.3, 0.4) is 0 Å². The molecule has 0 radical (unpaired) electrons. The standard InChI is InChI=1S/C22H26F3N3O3/c1-26-21(27-13-16-7-5-9-18(29-2)20(16)30-3)28-10-11-31-19(14-28)15-6-4-8-17(12-15)22(23,24)25/h4-9,12,19H,10-11,13-14H2,1-3H3,(H,26,27). The predicted molar refractivity (Wildman–Crippen MR) is 111 cm³/mol. The van der Waals surface area contributed by atoms with Gasteiger partial charge in [0.25, 0.3) is 0 Å². The van der Waals surface area contributed by atoms with Gasteiger partial charge in [0, 0.05) is 25.7 Å². The molecule has 3 rings (SSSR count). The lowest BCUT2D eigenvalue weighted by molar-refractivity contribution is -0.137. The third kappa shape index (κ3) is 5.41. The molecule has 0 amide bonds. The Labute approximate surface area is 179 Å². The van der Waals surface area contributed by atoms with Crippen LogP contribution in [-0.2, 0) is 17.5 Å². The SMILES string of the molecule is CN=C(NCc1cccc(OC)c1OC)N1CCOC(c2cccc(C(F)(F)F)c2)C1. The second kappa shape index (κ2) is 9.91. The molecule has 1 saturated heterocycles. The Morgan fingerprint density at radius 1 is 1.19 bits per heavy atom. The van der Waals surface area contributed by atoms with E-state index >= 15 is 0 Å². The molecule has 1 N–H and O–H groups in total. The molecule has 31 heavy (non-hydrogen) atoms. The zero-order valence-electron chi connectivity index (χ0n) is 17.7. The molecule has 1 aliphatic heterocycles. The summed E-state index contributed by atoms with van der Waals surface area (Å²) in [6, 6.07) is 10.9. The number of para-hydroxylation sites is 1. The average molecular weight is 437 g/mol. The summed E-state index contributed by atoms with van der Waals surface area (Å²) in [5, 5.41) is 3.29. The highest BCUT2D eigenvalue weighted by atomic mass is 19.4. The number of hydrogen-bond donors (Lipinski definition) is 1. The molecule has 0 bridgehead atoms. The summed E-state index contributed by atoms with van der Waals surface area (Å²) < 4.78 is 55.8. The third-order valence-corrected chi connectivity index (χ3v) is 5.08. The van der Waals surface area contributed by atoms with E-state index in [9.17, 15) is 13.2 Å². The summed E-state index contributed by atoms with van der Waals surface area (Å²) in [6.07, 6.45) is -4.88. The highest BCUT2D eigenvalue weighted by Crippen LogP contribution is 2.33. The Kier molecular flexibility index (Phi) is 7.27. The van der Waals surface area contributed by atoms with E-state index in [1.54, 1.807) is 27.3 Å². The van der Waals surface area contributed by atoms with Crippen molar-refractivity contribution in [3.05, 3.63) is 59.2 Å². The molecule has 1 aliphatic rings. The van der Waals surface area contributed by atoms with Crippen molar-refractivity contribution in [3.8, 4) is 11.5 Å². The topological polar surface area (TPSA) is 55.3 Å². The molecule has 0 saturated carbocycles. The molecule has 0 spiro atoms. The van der Waals surface area contributed by atoms with Gasteiger partial charge < -0.3 is 24.4 Å². The van der Waals surface area contributed by atoms with Crippen LogP contribution in [-0.4, -0.2) is 51.8 Å². The van der Waals surface area contributed by atoms with Gasteiger partial charge in [-0.05, 0) is 23.8 Å². The van der Waals surface area contributed by atoms with Gasteiger partial charge in [0.05, 0.1) is 32.9 Å². The van der Waals surface area contributed by atoms with Gasteiger partial charge in [0.2, 0.25) is 0 Å². The summed E-state index contributed by atoms with van der Waals surface area (Å²) in [5.74, 6) is 1.90. The maximum atomic E-state index is 13.1. The van der Waals surface area contributed by atoms with E-state index in [1.807, 2.05) is 23.1 Å². The predicted octanol–water partition coefficient (Wildman–Crippen LogP) is 3.87. The number of rotatable bonds is 5. The van der Waals surface area contributed by atoms with Crippen molar-refractivity contribution in [2.45, 2.75) is 18.8 Å². The quantitative estimate of drug-likeness (QED) is 0.569. The lowest BCUT2D eigenvalue weighted by Gasteiger charge is -2.35. The number of benzene rings is 2. The van der Waals surface area contributed by atoms with Gasteiger partial charge in [-0.15, -0.1) is 0 Å². The Balaban J connectivity index is 1.71. The van der Waals surface area contributed by atoms with Crippen LogP contribution >= 0.6 is 0 Å². The van der Waals surface area contributed by atoms with E-state index in [1.165, 1.54) is 6.07 Å². The number of halogens is 3. The van der Waals surface area contributed by atoms with Crippen LogP contribution in [0.4, 0.5) is 13.2 Å². The largest absolute Gasteiger partial charge is 0.493 e. The number of guanidine groups is 1. The Morgan fingerprint density at radius 2 is 1.97 bits per heavy atom. The van der Waals surface area contributed by atoms with Gasteiger partial charge in [0.15, 0.2) is 17.5 Å². The fourth-order valence-electron chi connectivity index (χ4n) is 3.56. The van der Waals surface area contributed by atoms with E-state index in [0.717, 1.165) is 17.7 Å². The van der Waals surface area contributed by atoms with Gasteiger partial charge in [-0.3, -0.25) is 4.99 Å². The summed E-state index contributed by atoms with van der Waals surface area (Å²) in [4.78, 5) is 6.31. The van der Waals surface area contributed by atoms with Crippen LogP contribution in [0.2, 0.25) is 0 Å². The molecule has 2 aromatic rings. The van der Waals surface area contributed by atoms with Crippen molar-refractivity contribution in [2.24, 2.45) is 4.99 Å². The fourth-order valence-corrected chi connectivity index (χ4v) is 3.56. The minimum atomic E-state index is -4.39. The number of ether oxygens (including phenoxy) is 3. The maximum Gasteiger partial charge on any atom is 0.416 e. The van der Waals surface area contributed by atoms with E-state index < -0.39 is 17.8 Å². The summed E-state index contributed by atoms with van der Waals surface area (Å²) in [7, 11) is 4.83. The molecule has 1 heterocycles. The van der Waals surface area contributed by atoms with Crippen LogP contribution < -0.4 is 14.8 Å². The number of hydrogen-bond acceptors (Lipinski definition) is 4. The van der Waals surface area contributed by atoms with Crippen molar-refractivity contribution in [3.63, 3.8) is 0 Å². The molecule has 0 aliphatic carbocycles. The molecule has 6 nitrogen and oxygen atoms in total. The first kappa shape index (κ1) is 22.7. The number of methoxy groups -OCH3 is 2. The van der Waals surface area contributed by atoms with Crippen LogP contribution in [0.15, 0.2) is 47.5 Å². The molecular weight excluding hydrogens is 411 g/mol. The summed E-state index contributed by atoms with van der Waals surface area (Å²) in [6.45, 7) is 1.78. The van der Waals surface area contributed by atoms with Crippen molar-refractivity contribution in [2.75, 3.05) is 41.0 Å². The number of nitrogens with zero attached hydrogens (tertiary/aromatic N) is 2. The molecule has 168 valence electrons. The monoisotopic (exact) mass is 437 g/mol. The first-order valence-corrected chi connectivity index (χ1v) is 9.81. The first-order chi connectivity index (χ1) is 14.9. The van der Waals surface area contributed by atoms with Crippen LogP contribution in [0.1, 0.15) is 22.8 Å². The second-order valence-electron chi connectivity index (χ2n) is 6.98. The van der Waals surface area contributed by atoms with Crippen LogP contribution in [0, 0.1) is 0 Å². The molecule has 0 aromatic heterocycles. The van der Waals surface area contributed by atoms with E-state index in [-0.39, 0.29) is 0 Å². The molecule has 2 aromatic carbocycles. The highest BCUT2D eigenvalue weighted by molar-refractivity contribution is 5.80. The van der Waals surface area contributed by atoms with E-state index in [0.29, 0.717) is 49.3 Å². The van der Waals surface area contributed by atoms with Gasteiger partial charge in [-0.1, -0.05) is 24.3 Å².